The summed E-state index contributed by atoms with van der Waals surface area (Å²) in [6, 6.07) is 7.72. The van der Waals surface area contributed by atoms with Crippen LogP contribution < -0.4 is 0 Å². The molecule has 0 aliphatic rings. The number of aliphatic hydroxyl groups excluding tert-OH is 1. The van der Waals surface area contributed by atoms with Gasteiger partial charge < -0.3 is 9.84 Å². The number of ether oxygens (including phenoxy) is 1. The first-order valence-corrected chi connectivity index (χ1v) is 7.00. The lowest BCUT2D eigenvalue weighted by atomic mass is 9.96. The van der Waals surface area contributed by atoms with Crippen LogP contribution in [0.4, 0.5) is 0 Å². The van der Waals surface area contributed by atoms with E-state index in [0.717, 1.165) is 9.13 Å². The van der Waals surface area contributed by atoms with Gasteiger partial charge in [0.15, 0.2) is 0 Å². The Morgan fingerprint density at radius 3 is 2.33 bits per heavy atom. The van der Waals surface area contributed by atoms with Gasteiger partial charge in [-0.3, -0.25) is 4.79 Å². The molecule has 0 aliphatic carbocycles. The van der Waals surface area contributed by atoms with Crippen LogP contribution in [0.25, 0.3) is 0 Å². The minimum Gasteiger partial charge on any atom is -0.459 e. The maximum absolute atomic E-state index is 12.1. The number of hydrogen-bond donors (Lipinski definition) is 1. The number of carbonyl (C=O) groups excluding carboxylic acids is 1. The van der Waals surface area contributed by atoms with E-state index in [0.29, 0.717) is 6.42 Å². The van der Waals surface area contributed by atoms with Gasteiger partial charge in [0.05, 0.1) is 5.92 Å². The van der Waals surface area contributed by atoms with E-state index >= 15 is 0 Å². The van der Waals surface area contributed by atoms with E-state index in [-0.39, 0.29) is 12.6 Å². The minimum atomic E-state index is -0.506. The average Bonchev–Trinajstić information content (AvgIpc) is 2.25. The third-order valence-corrected chi connectivity index (χ3v) is 3.10. The van der Waals surface area contributed by atoms with Crippen LogP contribution >= 0.6 is 22.6 Å². The molecule has 0 saturated carbocycles. The zero-order valence-corrected chi connectivity index (χ0v) is 13.1. The Hall–Kier alpha value is -0.620. The fourth-order valence-electron chi connectivity index (χ4n) is 1.62. The quantitative estimate of drug-likeness (QED) is 0.662. The molecule has 3 nitrogen and oxygen atoms in total. The smallest absolute Gasteiger partial charge is 0.314 e. The van der Waals surface area contributed by atoms with Gasteiger partial charge in [-0.1, -0.05) is 12.1 Å². The number of aliphatic hydroxyl groups is 1. The average molecular weight is 362 g/mol. The van der Waals surface area contributed by atoms with E-state index in [4.69, 9.17) is 9.84 Å². The molecule has 0 radical (unpaired) electrons. The van der Waals surface area contributed by atoms with E-state index in [1.165, 1.54) is 0 Å². The zero-order chi connectivity index (χ0) is 13.8. The van der Waals surface area contributed by atoms with Gasteiger partial charge in [0.2, 0.25) is 0 Å². The first kappa shape index (κ1) is 15.4. The number of hydrogen-bond acceptors (Lipinski definition) is 3. The molecule has 1 N–H and O–H groups in total. The second-order valence-corrected chi connectivity index (χ2v) is 6.40. The highest BCUT2D eigenvalue weighted by atomic mass is 127. The summed E-state index contributed by atoms with van der Waals surface area (Å²) in [4.78, 5) is 12.1. The van der Waals surface area contributed by atoms with Crippen molar-refractivity contribution in [1.82, 2.24) is 0 Å². The predicted molar refractivity (Wildman–Crippen MR) is 79.4 cm³/mol. The molecule has 0 saturated heterocycles. The molecule has 0 amide bonds. The van der Waals surface area contributed by atoms with E-state index in [2.05, 4.69) is 22.6 Å². The third kappa shape index (κ3) is 4.94. The number of benzene rings is 1. The Bertz CT molecular complexity index is 392. The summed E-state index contributed by atoms with van der Waals surface area (Å²) in [5, 5.41) is 9.09. The van der Waals surface area contributed by atoms with E-state index < -0.39 is 11.5 Å². The molecule has 0 heterocycles. The van der Waals surface area contributed by atoms with Crippen LogP contribution in [-0.2, 0) is 9.53 Å². The molecule has 1 atom stereocenters. The molecule has 0 aliphatic heterocycles. The molecule has 100 valence electrons. The Labute approximate surface area is 122 Å². The van der Waals surface area contributed by atoms with Crippen molar-refractivity contribution < 1.29 is 14.6 Å². The van der Waals surface area contributed by atoms with Crippen LogP contribution in [0.15, 0.2) is 24.3 Å². The van der Waals surface area contributed by atoms with Crippen molar-refractivity contribution in [2.24, 2.45) is 0 Å². The van der Waals surface area contributed by atoms with Gasteiger partial charge in [0.1, 0.15) is 5.60 Å². The maximum Gasteiger partial charge on any atom is 0.314 e. The number of halogens is 1. The van der Waals surface area contributed by atoms with Crippen molar-refractivity contribution in [2.45, 2.75) is 38.7 Å². The van der Waals surface area contributed by atoms with Crippen LogP contribution in [0, 0.1) is 3.57 Å². The molecule has 1 rings (SSSR count). The van der Waals surface area contributed by atoms with Gasteiger partial charge in [0.25, 0.3) is 0 Å². The van der Waals surface area contributed by atoms with E-state index in [1.54, 1.807) is 0 Å². The van der Waals surface area contributed by atoms with Gasteiger partial charge >= 0.3 is 5.97 Å². The number of rotatable bonds is 4. The molecule has 1 aromatic rings. The Balaban J connectivity index is 2.88. The molecule has 0 bridgehead atoms. The van der Waals surface area contributed by atoms with E-state index in [9.17, 15) is 4.79 Å². The van der Waals surface area contributed by atoms with E-state index in [1.807, 2.05) is 45.0 Å². The van der Waals surface area contributed by atoms with Crippen LogP contribution in [0.5, 0.6) is 0 Å². The molecular formula is C14H19IO3. The zero-order valence-electron chi connectivity index (χ0n) is 10.9. The normalized spacial score (nSPS) is 13.2. The minimum absolute atomic E-state index is 0.0318. The van der Waals surface area contributed by atoms with Gasteiger partial charge in [-0.05, 0) is 67.5 Å². The van der Waals surface area contributed by atoms with Crippen LogP contribution in [0.1, 0.15) is 38.7 Å². The van der Waals surface area contributed by atoms with Gasteiger partial charge in [-0.25, -0.2) is 0 Å². The fourth-order valence-corrected chi connectivity index (χ4v) is 1.98. The first-order valence-electron chi connectivity index (χ1n) is 5.92. The lowest BCUT2D eigenvalue weighted by Crippen LogP contribution is -2.28. The number of esters is 1. The first-order chi connectivity index (χ1) is 8.33. The predicted octanol–water partition coefficient (Wildman–Crippen LogP) is 3.10. The summed E-state index contributed by atoms with van der Waals surface area (Å²) in [6.07, 6.45) is 0.384. The molecule has 18 heavy (non-hydrogen) atoms. The highest BCUT2D eigenvalue weighted by molar-refractivity contribution is 14.1. The van der Waals surface area contributed by atoms with Gasteiger partial charge in [-0.15, -0.1) is 0 Å². The van der Waals surface area contributed by atoms with Crippen molar-refractivity contribution >= 4 is 28.6 Å². The molecule has 0 aromatic heterocycles. The Morgan fingerprint density at radius 1 is 1.33 bits per heavy atom. The monoisotopic (exact) mass is 362 g/mol. The largest absolute Gasteiger partial charge is 0.459 e. The van der Waals surface area contributed by atoms with Crippen LogP contribution in [-0.4, -0.2) is 23.3 Å². The molecule has 1 aromatic carbocycles. The topological polar surface area (TPSA) is 46.5 Å². The summed E-state index contributed by atoms with van der Waals surface area (Å²) in [5.41, 5.74) is 0.382. The molecule has 4 heteroatoms. The lowest BCUT2D eigenvalue weighted by Gasteiger charge is -2.24. The maximum atomic E-state index is 12.1. The molecule has 1 unspecified atom stereocenters. The summed E-state index contributed by atoms with van der Waals surface area (Å²) >= 11 is 2.22. The summed E-state index contributed by atoms with van der Waals surface area (Å²) < 4.78 is 6.50. The second-order valence-electron chi connectivity index (χ2n) is 5.15. The van der Waals surface area contributed by atoms with Crippen molar-refractivity contribution in [2.75, 3.05) is 6.61 Å². The van der Waals surface area contributed by atoms with Crippen molar-refractivity contribution in [3.63, 3.8) is 0 Å². The standard InChI is InChI=1S/C14H19IO3/c1-14(2,3)18-13(17)12(8-9-16)10-4-6-11(15)7-5-10/h4-7,12,16H,8-9H2,1-3H3. The summed E-state index contributed by atoms with van der Waals surface area (Å²) in [6.45, 7) is 5.49. The number of carbonyl (C=O) groups is 1. The Kier molecular flexibility index (Phi) is 5.59. The van der Waals surface area contributed by atoms with Crippen LogP contribution in [0.2, 0.25) is 0 Å². The molecule has 0 spiro atoms. The SMILES string of the molecule is CC(C)(C)OC(=O)C(CCO)c1ccc(I)cc1. The van der Waals surface area contributed by atoms with Crippen LogP contribution in [0.3, 0.4) is 0 Å². The second kappa shape index (κ2) is 6.52. The van der Waals surface area contributed by atoms with Crippen molar-refractivity contribution in [1.29, 1.82) is 0 Å². The van der Waals surface area contributed by atoms with Gasteiger partial charge in [0, 0.05) is 10.2 Å². The summed E-state index contributed by atoms with van der Waals surface area (Å²) in [7, 11) is 0. The Morgan fingerprint density at radius 2 is 1.89 bits per heavy atom. The fraction of sp³-hybridized carbons (Fsp3) is 0.500. The highest BCUT2D eigenvalue weighted by Crippen LogP contribution is 2.24. The summed E-state index contributed by atoms with van der Waals surface area (Å²) in [5.74, 6) is -0.677. The van der Waals surface area contributed by atoms with Crippen molar-refractivity contribution in [3.05, 3.63) is 33.4 Å². The lowest BCUT2D eigenvalue weighted by molar-refractivity contribution is -0.157. The highest BCUT2D eigenvalue weighted by Gasteiger charge is 2.26. The molecule has 0 fully saturated rings. The van der Waals surface area contributed by atoms with Crippen molar-refractivity contribution in [3.8, 4) is 0 Å². The van der Waals surface area contributed by atoms with Gasteiger partial charge in [-0.2, -0.15) is 0 Å². The molecular weight excluding hydrogens is 343 g/mol. The third-order valence-electron chi connectivity index (χ3n) is 2.38.